The third-order valence-corrected chi connectivity index (χ3v) is 4.36. The van der Waals surface area contributed by atoms with Crippen molar-refractivity contribution in [2.75, 3.05) is 0 Å². The maximum absolute atomic E-state index is 13.8. The molecule has 3 aromatic rings. The van der Waals surface area contributed by atoms with Crippen LogP contribution in [-0.2, 0) is 12.2 Å². The highest BCUT2D eigenvalue weighted by molar-refractivity contribution is 7.98. The second-order valence-electron chi connectivity index (χ2n) is 5.25. The van der Waals surface area contributed by atoms with Gasteiger partial charge in [-0.2, -0.15) is 4.98 Å². The largest absolute Gasteiger partial charge is 0.436 e. The zero-order valence-corrected chi connectivity index (χ0v) is 14.4. The van der Waals surface area contributed by atoms with Gasteiger partial charge in [-0.05, 0) is 30.2 Å². The second-order valence-corrected chi connectivity index (χ2v) is 6.19. The average molecular weight is 358 g/mol. The van der Waals surface area contributed by atoms with Gasteiger partial charge >= 0.3 is 0 Å². The highest BCUT2D eigenvalue weighted by Crippen LogP contribution is 2.27. The van der Waals surface area contributed by atoms with Gasteiger partial charge in [0.15, 0.2) is 16.7 Å². The molecule has 3 nitrogen and oxygen atoms in total. The summed E-state index contributed by atoms with van der Waals surface area (Å²) in [6, 6.07) is 14.4. The fourth-order valence-electron chi connectivity index (χ4n) is 2.15. The van der Waals surface area contributed by atoms with E-state index in [0.717, 1.165) is 5.69 Å². The fourth-order valence-corrected chi connectivity index (χ4v) is 3.00. The van der Waals surface area contributed by atoms with Crippen molar-refractivity contribution in [2.45, 2.75) is 24.3 Å². The van der Waals surface area contributed by atoms with Crippen molar-refractivity contribution < 1.29 is 13.5 Å². The van der Waals surface area contributed by atoms with Gasteiger partial charge in [0.1, 0.15) is 5.82 Å². The monoisotopic (exact) mass is 358 g/mol. The molecule has 0 unspecified atom stereocenters. The lowest BCUT2D eigenvalue weighted by Gasteiger charge is -2.09. The van der Waals surface area contributed by atoms with Gasteiger partial charge < -0.3 is 4.74 Å². The number of nitrogens with zero attached hydrogens (tertiary/aromatic N) is 2. The molecule has 0 atom stereocenters. The van der Waals surface area contributed by atoms with Crippen LogP contribution in [-0.4, -0.2) is 9.97 Å². The van der Waals surface area contributed by atoms with E-state index in [4.69, 9.17) is 4.74 Å². The van der Waals surface area contributed by atoms with E-state index in [1.165, 1.54) is 30.0 Å². The molecule has 0 bridgehead atoms. The summed E-state index contributed by atoms with van der Waals surface area (Å²) in [6.07, 6.45) is 0.684. The average Bonchev–Trinajstić information content (AvgIpc) is 2.63. The zero-order chi connectivity index (χ0) is 17.6. The molecule has 0 saturated carbocycles. The number of thioether (sulfide) groups is 1. The molecule has 1 aromatic heterocycles. The lowest BCUT2D eigenvalue weighted by atomic mass is 10.2. The molecule has 128 valence electrons. The quantitative estimate of drug-likeness (QED) is 0.436. The van der Waals surface area contributed by atoms with E-state index in [1.54, 1.807) is 36.4 Å². The van der Waals surface area contributed by atoms with E-state index in [-0.39, 0.29) is 17.4 Å². The molecule has 2 aromatic carbocycles. The second kappa shape index (κ2) is 8.07. The molecule has 25 heavy (non-hydrogen) atoms. The maximum Gasteiger partial charge on any atom is 0.223 e. The first-order valence-corrected chi connectivity index (χ1v) is 8.81. The Morgan fingerprint density at radius 1 is 0.960 bits per heavy atom. The standard InChI is InChI=1S/C19H16F2N2OS/c1-2-14-11-18(24-17-10-6-5-9-16(17)21)23-19(22-14)25-12-13-7-3-4-8-15(13)20/h3-11H,2,12H2,1H3. The minimum absolute atomic E-state index is 0.105. The molecule has 0 N–H and O–H groups in total. The van der Waals surface area contributed by atoms with Gasteiger partial charge in [0.05, 0.1) is 0 Å². The van der Waals surface area contributed by atoms with Gasteiger partial charge in [0, 0.05) is 17.5 Å². The molecule has 0 radical (unpaired) electrons. The Morgan fingerprint density at radius 2 is 1.68 bits per heavy atom. The topological polar surface area (TPSA) is 35.0 Å². The SMILES string of the molecule is CCc1cc(Oc2ccccc2F)nc(SCc2ccccc2F)n1. The first-order valence-electron chi connectivity index (χ1n) is 7.82. The van der Waals surface area contributed by atoms with Crippen molar-refractivity contribution in [3.05, 3.63) is 77.5 Å². The van der Waals surface area contributed by atoms with Gasteiger partial charge in [0.25, 0.3) is 0 Å². The Bertz CT molecular complexity index is 874. The summed E-state index contributed by atoms with van der Waals surface area (Å²) in [4.78, 5) is 8.72. The molecular weight excluding hydrogens is 342 g/mol. The van der Waals surface area contributed by atoms with Crippen LogP contribution in [0.3, 0.4) is 0 Å². The summed E-state index contributed by atoms with van der Waals surface area (Å²) < 4.78 is 33.0. The molecule has 0 spiro atoms. The van der Waals surface area contributed by atoms with Gasteiger partial charge in [-0.15, -0.1) is 0 Å². The molecule has 0 fully saturated rings. The van der Waals surface area contributed by atoms with Gasteiger partial charge in [-0.3, -0.25) is 0 Å². The number of aromatic nitrogens is 2. The van der Waals surface area contributed by atoms with Crippen LogP contribution in [0.25, 0.3) is 0 Å². The van der Waals surface area contributed by atoms with Crippen molar-refractivity contribution in [3.8, 4) is 11.6 Å². The highest BCUT2D eigenvalue weighted by atomic mass is 32.2. The number of ether oxygens (including phenoxy) is 1. The van der Waals surface area contributed by atoms with E-state index < -0.39 is 5.82 Å². The summed E-state index contributed by atoms with van der Waals surface area (Å²) >= 11 is 1.31. The molecule has 1 heterocycles. The molecule has 0 saturated heterocycles. The normalized spacial score (nSPS) is 10.7. The fraction of sp³-hybridized carbons (Fsp3) is 0.158. The summed E-state index contributed by atoms with van der Waals surface area (Å²) in [5.74, 6) is 0.0596. The lowest BCUT2D eigenvalue weighted by molar-refractivity contribution is 0.421. The van der Waals surface area contributed by atoms with Gasteiger partial charge in [-0.25, -0.2) is 13.8 Å². The van der Waals surface area contributed by atoms with Crippen LogP contribution >= 0.6 is 11.8 Å². The van der Waals surface area contributed by atoms with E-state index >= 15 is 0 Å². The van der Waals surface area contributed by atoms with Crippen molar-refractivity contribution >= 4 is 11.8 Å². The maximum atomic E-state index is 13.8. The smallest absolute Gasteiger partial charge is 0.223 e. The Hall–Kier alpha value is -2.47. The van der Waals surface area contributed by atoms with E-state index in [1.807, 2.05) is 6.92 Å². The number of hydrogen-bond donors (Lipinski definition) is 0. The summed E-state index contributed by atoms with van der Waals surface area (Å²) in [5.41, 5.74) is 1.35. The molecule has 3 rings (SSSR count). The molecular formula is C19H16F2N2OS. The molecule has 6 heteroatoms. The Morgan fingerprint density at radius 3 is 2.40 bits per heavy atom. The molecule has 0 aliphatic rings. The van der Waals surface area contributed by atoms with Crippen LogP contribution in [0.2, 0.25) is 0 Å². The third kappa shape index (κ3) is 4.54. The number of halogens is 2. The van der Waals surface area contributed by atoms with Gasteiger partial charge in [0.2, 0.25) is 5.88 Å². The van der Waals surface area contributed by atoms with Crippen LogP contribution in [0.4, 0.5) is 8.78 Å². The van der Waals surface area contributed by atoms with Crippen molar-refractivity contribution in [2.24, 2.45) is 0 Å². The van der Waals surface area contributed by atoms with Gasteiger partial charge in [-0.1, -0.05) is 49.0 Å². The Balaban J connectivity index is 1.80. The molecule has 0 amide bonds. The minimum Gasteiger partial charge on any atom is -0.436 e. The van der Waals surface area contributed by atoms with E-state index in [9.17, 15) is 8.78 Å². The van der Waals surface area contributed by atoms with Crippen molar-refractivity contribution in [1.82, 2.24) is 9.97 Å². The minimum atomic E-state index is -0.459. The number of rotatable bonds is 6. The first-order chi connectivity index (χ1) is 12.2. The van der Waals surface area contributed by atoms with Crippen LogP contribution in [0.1, 0.15) is 18.2 Å². The highest BCUT2D eigenvalue weighted by Gasteiger charge is 2.10. The summed E-state index contributed by atoms with van der Waals surface area (Å²) in [5, 5.41) is 0.467. The number of hydrogen-bond acceptors (Lipinski definition) is 4. The Labute approximate surface area is 149 Å². The molecule has 0 aliphatic heterocycles. The van der Waals surface area contributed by atoms with Crippen LogP contribution in [0, 0.1) is 11.6 Å². The predicted octanol–water partition coefficient (Wildman–Crippen LogP) is 5.40. The number of benzene rings is 2. The lowest BCUT2D eigenvalue weighted by Crippen LogP contribution is -1.98. The van der Waals surface area contributed by atoms with Crippen LogP contribution in [0.15, 0.2) is 59.8 Å². The number of para-hydroxylation sites is 1. The predicted molar refractivity (Wildman–Crippen MR) is 93.8 cm³/mol. The summed E-state index contributed by atoms with van der Waals surface area (Å²) in [7, 11) is 0. The van der Waals surface area contributed by atoms with E-state index in [0.29, 0.717) is 22.9 Å². The summed E-state index contributed by atoms with van der Waals surface area (Å²) in [6.45, 7) is 1.96. The van der Waals surface area contributed by atoms with Crippen LogP contribution < -0.4 is 4.74 Å². The van der Waals surface area contributed by atoms with Crippen LogP contribution in [0.5, 0.6) is 11.6 Å². The molecule has 0 aliphatic carbocycles. The number of aryl methyl sites for hydroxylation is 1. The van der Waals surface area contributed by atoms with E-state index in [2.05, 4.69) is 9.97 Å². The van der Waals surface area contributed by atoms with Crippen molar-refractivity contribution in [1.29, 1.82) is 0 Å². The zero-order valence-electron chi connectivity index (χ0n) is 13.6. The Kier molecular flexibility index (Phi) is 5.60. The first kappa shape index (κ1) is 17.4. The third-order valence-electron chi connectivity index (χ3n) is 3.46. The van der Waals surface area contributed by atoms with Crippen molar-refractivity contribution in [3.63, 3.8) is 0 Å².